The number of hydrogen-bond donors (Lipinski definition) is 0. The minimum absolute atomic E-state index is 0.479. The van der Waals surface area contributed by atoms with E-state index in [4.69, 9.17) is 0 Å². The van der Waals surface area contributed by atoms with Gasteiger partial charge in [0.05, 0.1) is 24.3 Å². The summed E-state index contributed by atoms with van der Waals surface area (Å²) in [6, 6.07) is 15.4. The molecule has 1 aromatic carbocycles. The van der Waals surface area contributed by atoms with Gasteiger partial charge in [0.1, 0.15) is 0 Å². The molecule has 4 nitrogen and oxygen atoms in total. The first kappa shape index (κ1) is 13.6. The SMILES string of the molecule is N#CC1(C#N)[C@@H]2C=CC=Cc3ccccc3[C@@H]2C1(C#N)C#N. The Balaban J connectivity index is 2.34. The van der Waals surface area contributed by atoms with Crippen LogP contribution in [0.1, 0.15) is 17.0 Å². The van der Waals surface area contributed by atoms with Crippen molar-refractivity contribution in [2.75, 3.05) is 0 Å². The van der Waals surface area contributed by atoms with Crippen LogP contribution in [0.15, 0.2) is 42.5 Å². The van der Waals surface area contributed by atoms with Gasteiger partial charge in [-0.1, -0.05) is 48.6 Å². The Kier molecular flexibility index (Phi) is 2.85. The van der Waals surface area contributed by atoms with Gasteiger partial charge in [0.2, 0.25) is 0 Å². The van der Waals surface area contributed by atoms with E-state index in [2.05, 4.69) is 0 Å². The van der Waals surface area contributed by atoms with Crippen molar-refractivity contribution in [2.45, 2.75) is 5.92 Å². The lowest BCUT2D eigenvalue weighted by molar-refractivity contribution is 0.0294. The van der Waals surface area contributed by atoms with E-state index in [1.165, 1.54) is 0 Å². The molecule has 0 aliphatic heterocycles. The maximum absolute atomic E-state index is 9.64. The summed E-state index contributed by atoms with van der Waals surface area (Å²) in [5, 5.41) is 38.4. The number of benzene rings is 1. The summed E-state index contributed by atoms with van der Waals surface area (Å²) in [5.74, 6) is -0.966. The van der Waals surface area contributed by atoms with Crippen LogP contribution >= 0.6 is 0 Å². The largest absolute Gasteiger partial charge is 0.196 e. The highest BCUT2D eigenvalue weighted by molar-refractivity contribution is 5.63. The molecule has 0 aromatic heterocycles. The Morgan fingerprint density at radius 3 is 2.09 bits per heavy atom. The predicted molar refractivity (Wildman–Crippen MR) is 78.2 cm³/mol. The Hall–Kier alpha value is -3.34. The summed E-state index contributed by atoms with van der Waals surface area (Å²) in [6.45, 7) is 0. The highest BCUT2D eigenvalue weighted by atomic mass is 14.7. The molecular formula is C18H10N4. The molecule has 0 radical (unpaired) electrons. The fourth-order valence-corrected chi connectivity index (χ4v) is 3.59. The molecule has 4 heteroatoms. The quantitative estimate of drug-likeness (QED) is 0.730. The number of rotatable bonds is 0. The zero-order valence-electron chi connectivity index (χ0n) is 11.6. The van der Waals surface area contributed by atoms with Gasteiger partial charge in [-0.3, -0.25) is 0 Å². The van der Waals surface area contributed by atoms with E-state index in [1.807, 2.05) is 60.7 Å². The van der Waals surface area contributed by atoms with E-state index in [-0.39, 0.29) is 0 Å². The van der Waals surface area contributed by atoms with Crippen molar-refractivity contribution in [3.8, 4) is 24.3 Å². The summed E-state index contributed by atoms with van der Waals surface area (Å²) in [7, 11) is 0. The third kappa shape index (κ3) is 1.32. The van der Waals surface area contributed by atoms with Crippen molar-refractivity contribution in [3.05, 3.63) is 53.6 Å². The van der Waals surface area contributed by atoms with E-state index in [0.717, 1.165) is 11.1 Å². The molecule has 1 aromatic rings. The molecule has 1 saturated carbocycles. The fourth-order valence-electron chi connectivity index (χ4n) is 3.59. The standard InChI is InChI=1S/C18H10N4/c19-9-17(10-20)15-8-4-2-6-13-5-1-3-7-14(13)16(15)18(17,11-21)12-22/h1-8,15-16H/t15-,16+/m1/s1. The monoisotopic (exact) mass is 282 g/mol. The number of hydrogen-bond acceptors (Lipinski definition) is 4. The molecule has 0 unspecified atom stereocenters. The minimum atomic E-state index is -1.66. The maximum Gasteiger partial charge on any atom is 0.183 e. The Labute approximate surface area is 128 Å². The average Bonchev–Trinajstić information content (AvgIpc) is 2.54. The van der Waals surface area contributed by atoms with Gasteiger partial charge in [-0.15, -0.1) is 0 Å². The van der Waals surface area contributed by atoms with Crippen LogP contribution in [-0.4, -0.2) is 0 Å². The highest BCUT2D eigenvalue weighted by Crippen LogP contribution is 2.69. The molecule has 0 spiro atoms. The van der Waals surface area contributed by atoms with Crippen LogP contribution in [0.2, 0.25) is 0 Å². The van der Waals surface area contributed by atoms with E-state index in [9.17, 15) is 21.0 Å². The molecule has 1 fully saturated rings. The van der Waals surface area contributed by atoms with E-state index in [1.54, 1.807) is 12.2 Å². The lowest BCUT2D eigenvalue weighted by Crippen LogP contribution is -2.61. The van der Waals surface area contributed by atoms with Crippen LogP contribution in [-0.2, 0) is 0 Å². The fraction of sp³-hybridized carbons (Fsp3) is 0.222. The molecule has 22 heavy (non-hydrogen) atoms. The van der Waals surface area contributed by atoms with Gasteiger partial charge < -0.3 is 0 Å². The molecule has 2 atom stereocenters. The maximum atomic E-state index is 9.64. The lowest BCUT2D eigenvalue weighted by atomic mass is 9.38. The molecule has 0 heterocycles. The number of nitrogens with zero attached hydrogens (tertiary/aromatic N) is 4. The van der Waals surface area contributed by atoms with E-state index in [0.29, 0.717) is 0 Å². The van der Waals surface area contributed by atoms with Gasteiger partial charge in [-0.2, -0.15) is 21.0 Å². The first-order chi connectivity index (χ1) is 10.7. The van der Waals surface area contributed by atoms with Crippen molar-refractivity contribution < 1.29 is 0 Å². The first-order valence-corrected chi connectivity index (χ1v) is 6.79. The molecule has 2 aliphatic rings. The van der Waals surface area contributed by atoms with Crippen LogP contribution < -0.4 is 0 Å². The molecule has 0 saturated heterocycles. The zero-order valence-corrected chi connectivity index (χ0v) is 11.6. The molecule has 0 N–H and O–H groups in total. The Morgan fingerprint density at radius 1 is 0.818 bits per heavy atom. The van der Waals surface area contributed by atoms with Gasteiger partial charge in [-0.05, 0) is 11.1 Å². The minimum Gasteiger partial charge on any atom is -0.196 e. The summed E-state index contributed by atoms with van der Waals surface area (Å²) in [4.78, 5) is 0. The molecule has 3 rings (SSSR count). The van der Waals surface area contributed by atoms with Gasteiger partial charge in [0.15, 0.2) is 10.8 Å². The van der Waals surface area contributed by atoms with Crippen LogP contribution in [0, 0.1) is 62.1 Å². The van der Waals surface area contributed by atoms with Gasteiger partial charge >= 0.3 is 0 Å². The topological polar surface area (TPSA) is 95.2 Å². The smallest absolute Gasteiger partial charge is 0.183 e. The third-order valence-electron chi connectivity index (χ3n) is 4.69. The summed E-state index contributed by atoms with van der Waals surface area (Å²) in [5.41, 5.74) is -1.57. The van der Waals surface area contributed by atoms with E-state index < -0.39 is 22.7 Å². The molecule has 0 amide bonds. The zero-order chi connectivity index (χ0) is 15.8. The highest BCUT2D eigenvalue weighted by Gasteiger charge is 2.75. The molecule has 2 aliphatic carbocycles. The van der Waals surface area contributed by atoms with Crippen molar-refractivity contribution in [2.24, 2.45) is 16.7 Å². The first-order valence-electron chi connectivity index (χ1n) is 6.79. The van der Waals surface area contributed by atoms with Crippen LogP contribution in [0.3, 0.4) is 0 Å². The summed E-state index contributed by atoms with van der Waals surface area (Å²) >= 11 is 0. The summed E-state index contributed by atoms with van der Waals surface area (Å²) < 4.78 is 0. The van der Waals surface area contributed by atoms with Gasteiger partial charge in [0, 0.05) is 11.8 Å². The van der Waals surface area contributed by atoms with Crippen molar-refractivity contribution in [3.63, 3.8) is 0 Å². The van der Waals surface area contributed by atoms with Crippen LogP contribution in [0.4, 0.5) is 0 Å². The van der Waals surface area contributed by atoms with Crippen molar-refractivity contribution in [1.82, 2.24) is 0 Å². The van der Waals surface area contributed by atoms with Crippen molar-refractivity contribution in [1.29, 1.82) is 21.0 Å². The Bertz CT molecular complexity index is 836. The second kappa shape index (κ2) is 4.60. The van der Waals surface area contributed by atoms with Crippen LogP contribution in [0.5, 0.6) is 0 Å². The Morgan fingerprint density at radius 2 is 1.45 bits per heavy atom. The lowest BCUT2D eigenvalue weighted by Gasteiger charge is -2.55. The summed E-state index contributed by atoms with van der Waals surface area (Å²) in [6.07, 6.45) is 7.28. The normalized spacial score (nSPS) is 25.5. The predicted octanol–water partition coefficient (Wildman–Crippen LogP) is 3.05. The van der Waals surface area contributed by atoms with Gasteiger partial charge in [0.25, 0.3) is 0 Å². The number of nitriles is 4. The third-order valence-corrected chi connectivity index (χ3v) is 4.69. The van der Waals surface area contributed by atoms with Gasteiger partial charge in [-0.25, -0.2) is 0 Å². The second-order valence-electron chi connectivity index (χ2n) is 5.44. The number of allylic oxidation sites excluding steroid dienone is 3. The van der Waals surface area contributed by atoms with Crippen LogP contribution in [0.25, 0.3) is 6.08 Å². The molecule has 0 bridgehead atoms. The number of fused-ring (bicyclic) bond motifs is 3. The molecular weight excluding hydrogens is 272 g/mol. The second-order valence-corrected chi connectivity index (χ2v) is 5.44. The molecule has 102 valence electrons. The van der Waals surface area contributed by atoms with E-state index >= 15 is 0 Å². The average molecular weight is 282 g/mol. The van der Waals surface area contributed by atoms with Crippen molar-refractivity contribution >= 4 is 6.08 Å².